The van der Waals surface area contributed by atoms with Crippen molar-refractivity contribution in [3.63, 3.8) is 0 Å². The van der Waals surface area contributed by atoms with Crippen LogP contribution in [0.3, 0.4) is 0 Å². The minimum absolute atomic E-state index is 0.581. The van der Waals surface area contributed by atoms with E-state index in [-0.39, 0.29) is 0 Å². The number of hydrogen-bond acceptors (Lipinski definition) is 5. The average Bonchev–Trinajstić information content (AvgIpc) is 3.56. The smallest absolute Gasteiger partial charge is 0.238 e. The Balaban J connectivity index is 1.48. The normalized spacial score (nSPS) is 11.6. The fourth-order valence-corrected chi connectivity index (χ4v) is 6.67. The van der Waals surface area contributed by atoms with E-state index in [2.05, 4.69) is 83.4 Å². The minimum atomic E-state index is 0.581. The number of rotatable bonds is 4. The van der Waals surface area contributed by atoms with Crippen molar-refractivity contribution in [3.8, 4) is 28.7 Å². The Hall–Kier alpha value is -5.20. The lowest BCUT2D eigenvalue weighted by Crippen LogP contribution is -2.06. The average molecular weight is 532 g/mol. The lowest BCUT2D eigenvalue weighted by molar-refractivity contribution is 0.954. The molecule has 0 aliphatic rings. The van der Waals surface area contributed by atoms with E-state index >= 15 is 0 Å². The summed E-state index contributed by atoms with van der Waals surface area (Å²) < 4.78 is 4.48. The summed E-state index contributed by atoms with van der Waals surface area (Å²) in [6.07, 6.45) is 1.39. The highest BCUT2D eigenvalue weighted by Crippen LogP contribution is 2.40. The highest BCUT2D eigenvalue weighted by Gasteiger charge is 2.19. The van der Waals surface area contributed by atoms with E-state index in [0.29, 0.717) is 17.6 Å². The molecule has 0 spiro atoms. The molecule has 1 N–H and O–H groups in total. The van der Waals surface area contributed by atoms with Gasteiger partial charge in [0.2, 0.25) is 5.95 Å². The van der Waals surface area contributed by atoms with Crippen LogP contribution in [-0.4, -0.2) is 25.7 Å². The van der Waals surface area contributed by atoms with Gasteiger partial charge in [0.1, 0.15) is 0 Å². The molecular formula is C34H21N5S. The van der Waals surface area contributed by atoms with Crippen molar-refractivity contribution in [1.29, 1.82) is 5.41 Å². The van der Waals surface area contributed by atoms with Gasteiger partial charge in [-0.25, -0.2) is 4.98 Å². The second-order valence-corrected chi connectivity index (χ2v) is 10.8. The van der Waals surface area contributed by atoms with Crippen LogP contribution in [0.5, 0.6) is 0 Å². The molecule has 0 aliphatic carbocycles. The summed E-state index contributed by atoms with van der Waals surface area (Å²) in [6.45, 7) is 0. The Bertz CT molecular complexity index is 2190. The summed E-state index contributed by atoms with van der Waals surface area (Å²) in [5.74, 6) is 1.83. The quantitative estimate of drug-likeness (QED) is 0.231. The Labute approximate surface area is 233 Å². The van der Waals surface area contributed by atoms with E-state index in [4.69, 9.17) is 20.4 Å². The molecule has 5 nitrogen and oxygen atoms in total. The molecule has 0 radical (unpaired) electrons. The number of fused-ring (bicyclic) bond motifs is 6. The number of para-hydroxylation sites is 2. The van der Waals surface area contributed by atoms with Crippen molar-refractivity contribution in [2.24, 2.45) is 0 Å². The molecule has 3 aromatic heterocycles. The Morgan fingerprint density at radius 2 is 1.30 bits per heavy atom. The molecule has 0 aliphatic heterocycles. The van der Waals surface area contributed by atoms with Crippen molar-refractivity contribution < 1.29 is 0 Å². The Morgan fingerprint density at radius 1 is 0.600 bits per heavy atom. The maximum absolute atomic E-state index is 7.80. The predicted octanol–water partition coefficient (Wildman–Crippen LogP) is 8.67. The molecule has 40 heavy (non-hydrogen) atoms. The van der Waals surface area contributed by atoms with Crippen molar-refractivity contribution in [3.05, 3.63) is 121 Å². The third-order valence-corrected chi connectivity index (χ3v) is 8.50. The zero-order chi connectivity index (χ0) is 26.6. The van der Waals surface area contributed by atoms with Crippen LogP contribution in [-0.2, 0) is 0 Å². The first-order valence-corrected chi connectivity index (χ1v) is 13.9. The first-order valence-electron chi connectivity index (χ1n) is 13.0. The maximum Gasteiger partial charge on any atom is 0.238 e. The highest BCUT2D eigenvalue weighted by atomic mass is 32.1. The van der Waals surface area contributed by atoms with Crippen LogP contribution in [0.1, 0.15) is 5.56 Å². The van der Waals surface area contributed by atoms with Gasteiger partial charge in [-0.3, -0.25) is 4.57 Å². The first-order chi connectivity index (χ1) is 19.8. The van der Waals surface area contributed by atoms with Crippen molar-refractivity contribution in [1.82, 2.24) is 19.5 Å². The van der Waals surface area contributed by atoms with Crippen molar-refractivity contribution in [2.45, 2.75) is 0 Å². The lowest BCUT2D eigenvalue weighted by atomic mass is 10.0. The maximum atomic E-state index is 7.80. The highest BCUT2D eigenvalue weighted by molar-refractivity contribution is 7.25. The second kappa shape index (κ2) is 8.93. The Kier molecular flexibility index (Phi) is 5.08. The molecule has 0 saturated heterocycles. The van der Waals surface area contributed by atoms with E-state index in [1.807, 2.05) is 36.4 Å². The van der Waals surface area contributed by atoms with Gasteiger partial charge in [-0.05, 0) is 35.9 Å². The fourth-order valence-electron chi connectivity index (χ4n) is 5.56. The molecule has 0 amide bonds. The van der Waals surface area contributed by atoms with Gasteiger partial charge in [-0.1, -0.05) is 84.9 Å². The van der Waals surface area contributed by atoms with Crippen LogP contribution in [0.2, 0.25) is 0 Å². The molecule has 0 bridgehead atoms. The van der Waals surface area contributed by atoms with E-state index < -0.39 is 0 Å². The van der Waals surface area contributed by atoms with Crippen molar-refractivity contribution >= 4 is 59.5 Å². The summed E-state index contributed by atoms with van der Waals surface area (Å²) in [6, 6.07) is 39.3. The molecule has 8 rings (SSSR count). The predicted molar refractivity (Wildman–Crippen MR) is 166 cm³/mol. The van der Waals surface area contributed by atoms with E-state index in [1.165, 1.54) is 10.9 Å². The molecule has 0 saturated carbocycles. The summed E-state index contributed by atoms with van der Waals surface area (Å²) in [5.41, 5.74) is 4.85. The molecule has 0 fully saturated rings. The van der Waals surface area contributed by atoms with Gasteiger partial charge in [0.15, 0.2) is 11.6 Å². The molecule has 188 valence electrons. The van der Waals surface area contributed by atoms with Crippen molar-refractivity contribution in [2.75, 3.05) is 0 Å². The number of thiophene rings is 1. The van der Waals surface area contributed by atoms with Gasteiger partial charge in [-0.15, -0.1) is 11.3 Å². The summed E-state index contributed by atoms with van der Waals surface area (Å²) >= 11 is 1.74. The topological polar surface area (TPSA) is 67.5 Å². The van der Waals surface area contributed by atoms with E-state index in [0.717, 1.165) is 54.0 Å². The van der Waals surface area contributed by atoms with Gasteiger partial charge in [-0.2, -0.15) is 9.97 Å². The molecular weight excluding hydrogens is 510 g/mol. The first kappa shape index (κ1) is 22.8. The lowest BCUT2D eigenvalue weighted by Gasteiger charge is -2.11. The number of aromatic nitrogens is 4. The molecule has 0 atom stereocenters. The molecule has 0 unspecified atom stereocenters. The van der Waals surface area contributed by atoms with Crippen LogP contribution in [0.25, 0.3) is 70.7 Å². The van der Waals surface area contributed by atoms with Crippen LogP contribution >= 0.6 is 11.3 Å². The Morgan fingerprint density at radius 3 is 2.05 bits per heavy atom. The standard InChI is InChI=1S/C34H21N5S/c35-20-21-17-18-29-26(19-21)31-25(13-8-16-30(31)40-29)33-36-32(22-9-2-1-3-10-22)37-34(38-33)39-27-14-6-4-11-23(27)24-12-5-7-15-28(24)39/h1-20,35H. The third-order valence-electron chi connectivity index (χ3n) is 7.36. The summed E-state index contributed by atoms with van der Waals surface area (Å²) in [4.78, 5) is 15.2. The van der Waals surface area contributed by atoms with Crippen LogP contribution < -0.4 is 0 Å². The zero-order valence-corrected chi connectivity index (χ0v) is 22.1. The van der Waals surface area contributed by atoms with E-state index in [9.17, 15) is 0 Å². The van der Waals surface area contributed by atoms with Gasteiger partial charge in [0.25, 0.3) is 0 Å². The zero-order valence-electron chi connectivity index (χ0n) is 21.2. The van der Waals surface area contributed by atoms with Gasteiger partial charge < -0.3 is 5.41 Å². The molecule has 8 aromatic rings. The van der Waals surface area contributed by atoms with Crippen LogP contribution in [0, 0.1) is 5.41 Å². The summed E-state index contributed by atoms with van der Waals surface area (Å²) in [5, 5.41) is 12.3. The number of nitrogens with one attached hydrogen (secondary N) is 1. The van der Waals surface area contributed by atoms with Gasteiger partial charge in [0, 0.05) is 48.3 Å². The van der Waals surface area contributed by atoms with Gasteiger partial charge in [0.05, 0.1) is 11.0 Å². The number of benzene rings is 5. The molecule has 6 heteroatoms. The largest absolute Gasteiger partial charge is 0.308 e. The summed E-state index contributed by atoms with van der Waals surface area (Å²) in [7, 11) is 0. The SMILES string of the molecule is N=Cc1ccc2sc3cccc(-c4nc(-c5ccccc5)nc(-n5c6ccccc6c6ccccc65)n4)c3c2c1. The third kappa shape index (κ3) is 3.47. The molecule has 5 aromatic carbocycles. The monoisotopic (exact) mass is 531 g/mol. The van der Waals surface area contributed by atoms with Crippen LogP contribution in [0.15, 0.2) is 115 Å². The number of nitrogens with zero attached hydrogens (tertiary/aromatic N) is 4. The minimum Gasteiger partial charge on any atom is -0.308 e. The van der Waals surface area contributed by atoms with E-state index in [1.54, 1.807) is 11.3 Å². The molecule has 3 heterocycles. The van der Waals surface area contributed by atoms with Gasteiger partial charge >= 0.3 is 0 Å². The fraction of sp³-hybridized carbons (Fsp3) is 0. The second-order valence-electron chi connectivity index (χ2n) is 9.70. The number of hydrogen-bond donors (Lipinski definition) is 1. The van der Waals surface area contributed by atoms with Crippen LogP contribution in [0.4, 0.5) is 0 Å².